The van der Waals surface area contributed by atoms with Crippen molar-refractivity contribution in [2.45, 2.75) is 20.0 Å². The van der Waals surface area contributed by atoms with Crippen molar-refractivity contribution < 1.29 is 23.4 Å². The fourth-order valence-corrected chi connectivity index (χ4v) is 3.15. The lowest BCUT2D eigenvalue weighted by Crippen LogP contribution is -2.23. The summed E-state index contributed by atoms with van der Waals surface area (Å²) in [4.78, 5) is 29.8. The molecule has 4 rings (SSSR count). The van der Waals surface area contributed by atoms with Crippen LogP contribution in [0.15, 0.2) is 57.9 Å². The topological polar surface area (TPSA) is 117 Å². The molecule has 0 saturated carbocycles. The van der Waals surface area contributed by atoms with Gasteiger partial charge in [-0.3, -0.25) is 9.59 Å². The van der Waals surface area contributed by atoms with Crippen LogP contribution in [0.2, 0.25) is 0 Å². The first-order valence-corrected chi connectivity index (χ1v) is 10.1. The molecule has 1 amide bonds. The van der Waals surface area contributed by atoms with Gasteiger partial charge in [0.25, 0.3) is 11.8 Å². The van der Waals surface area contributed by atoms with Gasteiger partial charge in [0.2, 0.25) is 0 Å². The Kier molecular flexibility index (Phi) is 5.99. The third-order valence-corrected chi connectivity index (χ3v) is 4.66. The van der Waals surface area contributed by atoms with Gasteiger partial charge in [-0.2, -0.15) is 0 Å². The summed E-state index contributed by atoms with van der Waals surface area (Å²) >= 11 is 0. The van der Waals surface area contributed by atoms with Crippen LogP contribution in [0.4, 0.5) is 5.69 Å². The Hall–Kier alpha value is -4.34. The standard InChI is InChI=1S/C23H22N4O6/c1-13(2)32-17-8-6-5-7-15(17)21-26-27-22(29)16(12-24-23(27)33-21)25-20(28)14-9-10-18(30-3)19(11-14)31-4/h5-13H,1-4H3,(H,25,28). The molecule has 0 bridgehead atoms. The first-order chi connectivity index (χ1) is 15.9. The van der Waals surface area contributed by atoms with Gasteiger partial charge in [-0.05, 0) is 44.2 Å². The number of carbonyl (C=O) groups is 1. The highest BCUT2D eigenvalue weighted by Crippen LogP contribution is 2.30. The molecule has 0 aliphatic rings. The highest BCUT2D eigenvalue weighted by atomic mass is 16.5. The van der Waals surface area contributed by atoms with Crippen LogP contribution in [0.5, 0.6) is 17.2 Å². The van der Waals surface area contributed by atoms with Gasteiger partial charge >= 0.3 is 11.4 Å². The molecule has 4 aromatic rings. The summed E-state index contributed by atoms with van der Waals surface area (Å²) in [6.45, 7) is 3.81. The lowest BCUT2D eigenvalue weighted by atomic mass is 10.2. The molecule has 2 aromatic carbocycles. The zero-order chi connectivity index (χ0) is 23.5. The van der Waals surface area contributed by atoms with E-state index in [9.17, 15) is 9.59 Å². The minimum Gasteiger partial charge on any atom is -0.493 e. The molecule has 2 heterocycles. The molecule has 0 fully saturated rings. The second-order valence-corrected chi connectivity index (χ2v) is 7.27. The van der Waals surface area contributed by atoms with E-state index in [1.807, 2.05) is 26.0 Å². The lowest BCUT2D eigenvalue weighted by molar-refractivity contribution is 0.102. The van der Waals surface area contributed by atoms with E-state index in [-0.39, 0.29) is 29.1 Å². The number of fused-ring (bicyclic) bond motifs is 1. The van der Waals surface area contributed by atoms with Gasteiger partial charge in [-0.1, -0.05) is 12.1 Å². The van der Waals surface area contributed by atoms with Crippen LogP contribution in [0, 0.1) is 0 Å². The Labute approximate surface area is 188 Å². The van der Waals surface area contributed by atoms with Crippen LogP contribution >= 0.6 is 0 Å². The van der Waals surface area contributed by atoms with Crippen LogP contribution in [0.1, 0.15) is 24.2 Å². The Morgan fingerprint density at radius 1 is 1.06 bits per heavy atom. The number of amides is 1. The third-order valence-electron chi connectivity index (χ3n) is 4.66. The van der Waals surface area contributed by atoms with Crippen molar-refractivity contribution in [2.24, 2.45) is 0 Å². The summed E-state index contributed by atoms with van der Waals surface area (Å²) < 4.78 is 22.9. The van der Waals surface area contributed by atoms with E-state index in [1.165, 1.54) is 26.5 Å². The number of ether oxygens (including phenoxy) is 3. The number of para-hydroxylation sites is 1. The van der Waals surface area contributed by atoms with Crippen LogP contribution in [-0.4, -0.2) is 40.8 Å². The normalized spacial score (nSPS) is 10.9. The molecule has 10 nitrogen and oxygen atoms in total. The van der Waals surface area contributed by atoms with Crippen LogP contribution in [-0.2, 0) is 0 Å². The summed E-state index contributed by atoms with van der Waals surface area (Å²) in [7, 11) is 2.97. The summed E-state index contributed by atoms with van der Waals surface area (Å²) in [5.74, 6) is 1.06. The number of hydrogen-bond acceptors (Lipinski definition) is 8. The molecule has 10 heteroatoms. The molecule has 0 aliphatic heterocycles. The van der Waals surface area contributed by atoms with Gasteiger partial charge in [-0.15, -0.1) is 9.61 Å². The average Bonchev–Trinajstić information content (AvgIpc) is 3.25. The molecular formula is C23H22N4O6. The van der Waals surface area contributed by atoms with Crippen molar-refractivity contribution in [2.75, 3.05) is 19.5 Å². The maximum Gasteiger partial charge on any atom is 0.328 e. The van der Waals surface area contributed by atoms with Gasteiger partial charge < -0.3 is 23.9 Å². The molecule has 0 atom stereocenters. The summed E-state index contributed by atoms with van der Waals surface area (Å²) in [5, 5.41) is 6.80. The maximum atomic E-state index is 12.9. The van der Waals surface area contributed by atoms with E-state index >= 15 is 0 Å². The molecule has 0 saturated heterocycles. The van der Waals surface area contributed by atoms with Crippen molar-refractivity contribution in [3.05, 3.63) is 64.6 Å². The fraction of sp³-hybridized carbons (Fsp3) is 0.217. The van der Waals surface area contributed by atoms with Gasteiger partial charge in [0, 0.05) is 5.56 Å². The fourth-order valence-electron chi connectivity index (χ4n) is 3.15. The van der Waals surface area contributed by atoms with Crippen LogP contribution in [0.3, 0.4) is 0 Å². The van der Waals surface area contributed by atoms with E-state index in [1.54, 1.807) is 24.3 Å². The van der Waals surface area contributed by atoms with Gasteiger partial charge in [0.05, 0.1) is 32.1 Å². The van der Waals surface area contributed by atoms with Gasteiger partial charge in [-0.25, -0.2) is 4.98 Å². The monoisotopic (exact) mass is 450 g/mol. The van der Waals surface area contributed by atoms with Crippen molar-refractivity contribution in [1.29, 1.82) is 0 Å². The smallest absolute Gasteiger partial charge is 0.328 e. The Bertz CT molecular complexity index is 1380. The number of nitrogens with zero attached hydrogens (tertiary/aromatic N) is 3. The van der Waals surface area contributed by atoms with E-state index in [2.05, 4.69) is 15.4 Å². The minimum absolute atomic E-state index is 0.0153. The number of carbonyl (C=O) groups excluding carboxylic acids is 1. The Morgan fingerprint density at radius 2 is 1.82 bits per heavy atom. The molecule has 0 spiro atoms. The molecule has 33 heavy (non-hydrogen) atoms. The second kappa shape index (κ2) is 9.03. The number of anilines is 1. The van der Waals surface area contributed by atoms with Gasteiger partial charge in [0.1, 0.15) is 11.4 Å². The maximum absolute atomic E-state index is 12.9. The molecule has 0 aliphatic carbocycles. The number of aromatic nitrogens is 3. The minimum atomic E-state index is -0.592. The van der Waals surface area contributed by atoms with Crippen molar-refractivity contribution in [3.63, 3.8) is 0 Å². The lowest BCUT2D eigenvalue weighted by Gasteiger charge is -2.11. The number of methoxy groups -OCH3 is 2. The largest absolute Gasteiger partial charge is 0.493 e. The zero-order valence-corrected chi connectivity index (χ0v) is 18.5. The first kappa shape index (κ1) is 21.9. The summed E-state index contributed by atoms with van der Waals surface area (Å²) in [6, 6.07) is 11.9. The van der Waals surface area contributed by atoms with E-state index < -0.39 is 11.5 Å². The summed E-state index contributed by atoms with van der Waals surface area (Å²) in [6.07, 6.45) is 1.16. The third kappa shape index (κ3) is 4.36. The van der Waals surface area contributed by atoms with Gasteiger partial charge in [0.15, 0.2) is 11.5 Å². The second-order valence-electron chi connectivity index (χ2n) is 7.27. The highest BCUT2D eigenvalue weighted by molar-refractivity contribution is 6.04. The molecule has 0 unspecified atom stereocenters. The summed E-state index contributed by atoms with van der Waals surface area (Å²) in [5.41, 5.74) is 0.203. The SMILES string of the molecule is COc1ccc(C(=O)Nc2cnc3oc(-c4ccccc4OC(C)C)nn3c2=O)cc1OC. The van der Waals surface area contributed by atoms with E-state index in [4.69, 9.17) is 18.6 Å². The van der Waals surface area contributed by atoms with Crippen LogP contribution < -0.4 is 25.1 Å². The molecule has 1 N–H and O–H groups in total. The molecule has 0 radical (unpaired) electrons. The average molecular weight is 450 g/mol. The van der Waals surface area contributed by atoms with E-state index in [0.29, 0.717) is 22.8 Å². The van der Waals surface area contributed by atoms with Crippen molar-refractivity contribution >= 4 is 17.4 Å². The number of rotatable bonds is 7. The predicted molar refractivity (Wildman–Crippen MR) is 120 cm³/mol. The Balaban J connectivity index is 1.66. The first-order valence-electron chi connectivity index (χ1n) is 10.1. The molecular weight excluding hydrogens is 428 g/mol. The quantitative estimate of drug-likeness (QED) is 0.455. The van der Waals surface area contributed by atoms with Crippen LogP contribution in [0.25, 0.3) is 17.3 Å². The Morgan fingerprint density at radius 3 is 2.55 bits per heavy atom. The number of benzene rings is 2. The molecule has 170 valence electrons. The van der Waals surface area contributed by atoms with E-state index in [0.717, 1.165) is 4.52 Å². The number of hydrogen-bond donors (Lipinski definition) is 1. The number of nitrogens with one attached hydrogen (secondary N) is 1. The highest BCUT2D eigenvalue weighted by Gasteiger charge is 2.19. The predicted octanol–water partition coefficient (Wildman–Crippen LogP) is 3.41. The molecule has 2 aromatic heterocycles. The van der Waals surface area contributed by atoms with Crippen molar-refractivity contribution in [3.8, 4) is 28.7 Å². The zero-order valence-electron chi connectivity index (χ0n) is 18.5. The van der Waals surface area contributed by atoms with Crippen molar-refractivity contribution in [1.82, 2.24) is 14.6 Å².